The van der Waals surface area contributed by atoms with Gasteiger partial charge in [0.2, 0.25) is 5.91 Å². The van der Waals surface area contributed by atoms with Gasteiger partial charge in [-0.05, 0) is 30.7 Å². The molecule has 1 aromatic carbocycles. The summed E-state index contributed by atoms with van der Waals surface area (Å²) in [7, 11) is 1.31. The summed E-state index contributed by atoms with van der Waals surface area (Å²) >= 11 is 0. The molecule has 0 aliphatic heterocycles. The maximum absolute atomic E-state index is 12.7. The highest BCUT2D eigenvalue weighted by molar-refractivity contribution is 5.85. The molecule has 138 valence electrons. The number of methoxy groups -OCH3 is 1. The van der Waals surface area contributed by atoms with E-state index < -0.39 is 12.1 Å². The van der Waals surface area contributed by atoms with E-state index in [0.717, 1.165) is 12.8 Å². The van der Waals surface area contributed by atoms with E-state index in [1.807, 2.05) is 19.9 Å². The molecule has 5 heteroatoms. The van der Waals surface area contributed by atoms with Gasteiger partial charge in [-0.25, -0.2) is 4.79 Å². The highest BCUT2D eigenvalue weighted by Crippen LogP contribution is 2.40. The Kier molecular flexibility index (Phi) is 6.85. The van der Waals surface area contributed by atoms with Crippen LogP contribution in [0.1, 0.15) is 51.5 Å². The first-order valence-electron chi connectivity index (χ1n) is 9.14. The molecule has 1 aliphatic carbocycles. The first-order chi connectivity index (χ1) is 12.0. The van der Waals surface area contributed by atoms with E-state index in [-0.39, 0.29) is 11.3 Å². The number of benzene rings is 1. The van der Waals surface area contributed by atoms with Gasteiger partial charge in [-0.3, -0.25) is 4.79 Å². The van der Waals surface area contributed by atoms with Crippen molar-refractivity contribution in [1.29, 1.82) is 0 Å². The maximum Gasteiger partial charge on any atom is 0.407 e. The van der Waals surface area contributed by atoms with Crippen molar-refractivity contribution in [3.63, 3.8) is 0 Å². The van der Waals surface area contributed by atoms with Gasteiger partial charge in [0.15, 0.2) is 0 Å². The van der Waals surface area contributed by atoms with Crippen molar-refractivity contribution < 1.29 is 14.3 Å². The molecule has 5 nitrogen and oxygen atoms in total. The highest BCUT2D eigenvalue weighted by atomic mass is 16.5. The molecule has 0 saturated heterocycles. The Hall–Kier alpha value is -2.04. The van der Waals surface area contributed by atoms with Crippen molar-refractivity contribution in [1.82, 2.24) is 10.6 Å². The lowest BCUT2D eigenvalue weighted by molar-refractivity contribution is -0.123. The van der Waals surface area contributed by atoms with Crippen LogP contribution in [0.5, 0.6) is 0 Å². The summed E-state index contributed by atoms with van der Waals surface area (Å²) < 4.78 is 4.65. The average molecular weight is 346 g/mol. The SMILES string of the molecule is COC(=O)NC(CC(C)C)C(=O)NCC1(c2ccccc2)CCCC1. The molecule has 1 unspecified atom stereocenters. The van der Waals surface area contributed by atoms with Crippen LogP contribution < -0.4 is 10.6 Å². The first-order valence-corrected chi connectivity index (χ1v) is 9.14. The third-order valence-electron chi connectivity index (χ3n) is 5.05. The number of alkyl carbamates (subject to hydrolysis) is 1. The van der Waals surface area contributed by atoms with Crippen molar-refractivity contribution in [2.45, 2.75) is 57.4 Å². The molecule has 2 rings (SSSR count). The second-order valence-electron chi connectivity index (χ2n) is 7.39. The molecule has 0 radical (unpaired) electrons. The largest absolute Gasteiger partial charge is 0.453 e. The van der Waals surface area contributed by atoms with Gasteiger partial charge in [0.1, 0.15) is 6.04 Å². The number of hydrogen-bond acceptors (Lipinski definition) is 3. The molecule has 0 aromatic heterocycles. The molecule has 1 aliphatic rings. The maximum atomic E-state index is 12.7. The van der Waals surface area contributed by atoms with Crippen LogP contribution in [0.3, 0.4) is 0 Å². The molecule has 2 amide bonds. The van der Waals surface area contributed by atoms with E-state index in [0.29, 0.717) is 18.9 Å². The number of carbonyl (C=O) groups excluding carboxylic acids is 2. The van der Waals surface area contributed by atoms with Gasteiger partial charge in [-0.2, -0.15) is 0 Å². The van der Waals surface area contributed by atoms with Crippen molar-refractivity contribution in [3.8, 4) is 0 Å². The quantitative estimate of drug-likeness (QED) is 0.795. The zero-order valence-corrected chi connectivity index (χ0v) is 15.5. The van der Waals surface area contributed by atoms with Crippen molar-refractivity contribution in [2.24, 2.45) is 5.92 Å². The van der Waals surface area contributed by atoms with Gasteiger partial charge in [0, 0.05) is 12.0 Å². The van der Waals surface area contributed by atoms with E-state index in [1.54, 1.807) is 0 Å². The molecule has 25 heavy (non-hydrogen) atoms. The zero-order chi connectivity index (χ0) is 18.3. The van der Waals surface area contributed by atoms with Crippen LogP contribution in [0, 0.1) is 5.92 Å². The number of rotatable bonds is 7. The molecular weight excluding hydrogens is 316 g/mol. The molecular formula is C20H30N2O3. The second-order valence-corrected chi connectivity index (χ2v) is 7.39. The fourth-order valence-corrected chi connectivity index (χ4v) is 3.69. The van der Waals surface area contributed by atoms with Crippen LogP contribution in [0.2, 0.25) is 0 Å². The molecule has 0 spiro atoms. The van der Waals surface area contributed by atoms with Crippen LogP contribution in [0.15, 0.2) is 30.3 Å². The molecule has 1 saturated carbocycles. The number of carbonyl (C=O) groups is 2. The minimum absolute atomic E-state index is 0.00453. The summed E-state index contributed by atoms with van der Waals surface area (Å²) in [5, 5.41) is 5.74. The van der Waals surface area contributed by atoms with Crippen LogP contribution in [0.4, 0.5) is 4.79 Å². The van der Waals surface area contributed by atoms with Gasteiger partial charge < -0.3 is 15.4 Å². The van der Waals surface area contributed by atoms with Crippen LogP contribution >= 0.6 is 0 Å². The van der Waals surface area contributed by atoms with Crippen LogP contribution in [-0.2, 0) is 14.9 Å². The fraction of sp³-hybridized carbons (Fsp3) is 0.600. The molecule has 2 N–H and O–H groups in total. The second kappa shape index (κ2) is 8.88. The number of ether oxygens (including phenoxy) is 1. The Bertz CT molecular complexity index is 566. The molecule has 1 atom stereocenters. The minimum Gasteiger partial charge on any atom is -0.453 e. The van der Waals surface area contributed by atoms with Crippen molar-refractivity contribution in [3.05, 3.63) is 35.9 Å². The van der Waals surface area contributed by atoms with E-state index in [2.05, 4.69) is 39.6 Å². The third kappa shape index (κ3) is 5.21. The first kappa shape index (κ1) is 19.3. The molecule has 0 bridgehead atoms. The van der Waals surface area contributed by atoms with Gasteiger partial charge in [-0.15, -0.1) is 0 Å². The fourth-order valence-electron chi connectivity index (χ4n) is 3.69. The van der Waals surface area contributed by atoms with Crippen molar-refractivity contribution in [2.75, 3.05) is 13.7 Å². The van der Waals surface area contributed by atoms with E-state index in [9.17, 15) is 9.59 Å². The lowest BCUT2D eigenvalue weighted by Crippen LogP contribution is -2.50. The Morgan fingerprint density at radius 1 is 1.16 bits per heavy atom. The smallest absolute Gasteiger partial charge is 0.407 e. The summed E-state index contributed by atoms with van der Waals surface area (Å²) in [5.41, 5.74) is 1.29. The van der Waals surface area contributed by atoms with Gasteiger partial charge in [0.25, 0.3) is 0 Å². The summed E-state index contributed by atoms with van der Waals surface area (Å²) in [6.45, 7) is 4.66. The third-order valence-corrected chi connectivity index (χ3v) is 5.05. The predicted molar refractivity (Wildman–Crippen MR) is 98.4 cm³/mol. The van der Waals surface area contributed by atoms with Crippen LogP contribution in [0.25, 0.3) is 0 Å². The topological polar surface area (TPSA) is 67.4 Å². The Morgan fingerprint density at radius 2 is 1.80 bits per heavy atom. The van der Waals surface area contributed by atoms with E-state index in [1.165, 1.54) is 25.5 Å². The highest BCUT2D eigenvalue weighted by Gasteiger charge is 2.36. The Morgan fingerprint density at radius 3 is 2.36 bits per heavy atom. The molecule has 1 aromatic rings. The van der Waals surface area contributed by atoms with Gasteiger partial charge in [0.05, 0.1) is 7.11 Å². The Balaban J connectivity index is 2.05. The lowest BCUT2D eigenvalue weighted by atomic mass is 9.78. The van der Waals surface area contributed by atoms with Gasteiger partial charge >= 0.3 is 6.09 Å². The zero-order valence-electron chi connectivity index (χ0n) is 15.5. The standard InChI is InChI=1S/C20H30N2O3/c1-15(2)13-17(22-19(24)25-3)18(23)21-14-20(11-7-8-12-20)16-9-5-4-6-10-16/h4-6,9-10,15,17H,7-8,11-14H2,1-3H3,(H,21,23)(H,22,24). The van der Waals surface area contributed by atoms with Gasteiger partial charge in [-0.1, -0.05) is 57.0 Å². The average Bonchev–Trinajstić information content (AvgIpc) is 3.09. The monoisotopic (exact) mass is 346 g/mol. The molecule has 1 fully saturated rings. The van der Waals surface area contributed by atoms with E-state index >= 15 is 0 Å². The van der Waals surface area contributed by atoms with Crippen molar-refractivity contribution >= 4 is 12.0 Å². The number of hydrogen-bond donors (Lipinski definition) is 2. The number of nitrogens with one attached hydrogen (secondary N) is 2. The molecule has 0 heterocycles. The van der Waals surface area contributed by atoms with E-state index in [4.69, 9.17) is 0 Å². The Labute approximate surface area is 150 Å². The van der Waals surface area contributed by atoms with Crippen LogP contribution in [-0.4, -0.2) is 31.7 Å². The predicted octanol–water partition coefficient (Wildman–Crippen LogP) is 3.39. The summed E-state index contributed by atoms with van der Waals surface area (Å²) in [4.78, 5) is 24.2. The summed E-state index contributed by atoms with van der Waals surface area (Å²) in [6, 6.07) is 9.85. The number of amides is 2. The lowest BCUT2D eigenvalue weighted by Gasteiger charge is -2.31. The minimum atomic E-state index is -0.570. The summed E-state index contributed by atoms with van der Waals surface area (Å²) in [6.07, 6.45) is 4.53. The normalized spacial score (nSPS) is 17.1. The summed E-state index contributed by atoms with van der Waals surface area (Å²) in [5.74, 6) is 0.156.